The first-order chi connectivity index (χ1) is 13.2. The second-order valence-electron chi connectivity index (χ2n) is 6.63. The summed E-state index contributed by atoms with van der Waals surface area (Å²) in [6.45, 7) is 2.94. The van der Waals surface area contributed by atoms with Crippen LogP contribution in [0.3, 0.4) is 0 Å². The molecule has 3 rings (SSSR count). The lowest BCUT2D eigenvalue weighted by Gasteiger charge is -2.23. The fourth-order valence-electron chi connectivity index (χ4n) is 2.89. The quantitative estimate of drug-likeness (QED) is 0.837. The first-order valence-corrected chi connectivity index (χ1v) is 8.81. The van der Waals surface area contributed by atoms with Gasteiger partial charge in [-0.2, -0.15) is 13.2 Å². The van der Waals surface area contributed by atoms with Gasteiger partial charge in [0.05, 0.1) is 11.6 Å². The average Bonchev–Trinajstić information content (AvgIpc) is 2.67. The van der Waals surface area contributed by atoms with Crippen LogP contribution in [0.15, 0.2) is 42.5 Å². The molecule has 0 radical (unpaired) electrons. The Kier molecular flexibility index (Phi) is 5.67. The van der Waals surface area contributed by atoms with E-state index >= 15 is 0 Å². The minimum Gasteiger partial charge on any atom is -0.486 e. The maximum atomic E-state index is 12.9. The van der Waals surface area contributed by atoms with Crippen molar-refractivity contribution in [1.29, 1.82) is 0 Å². The number of fused-ring (bicyclic) bond motifs is 1. The van der Waals surface area contributed by atoms with Gasteiger partial charge in [-0.25, -0.2) is 4.79 Å². The summed E-state index contributed by atoms with van der Waals surface area (Å²) in [5.41, 5.74) is 0.500. The minimum absolute atomic E-state index is 0.317. The maximum absolute atomic E-state index is 12.9. The van der Waals surface area contributed by atoms with E-state index in [1.54, 1.807) is 26.1 Å². The number of nitrogens with zero attached hydrogens (tertiary/aromatic N) is 1. The molecular weight excluding hydrogens is 373 g/mol. The Bertz CT molecular complexity index is 855. The predicted molar refractivity (Wildman–Crippen MR) is 97.3 cm³/mol. The number of hydrogen-bond donors (Lipinski definition) is 1. The van der Waals surface area contributed by atoms with Gasteiger partial charge in [0.15, 0.2) is 11.5 Å². The van der Waals surface area contributed by atoms with Gasteiger partial charge in [-0.3, -0.25) is 0 Å². The van der Waals surface area contributed by atoms with Crippen molar-refractivity contribution in [2.75, 3.05) is 20.3 Å². The molecule has 5 nitrogen and oxygen atoms in total. The molecule has 0 saturated carbocycles. The Labute approximate surface area is 161 Å². The van der Waals surface area contributed by atoms with Gasteiger partial charge in [-0.15, -0.1) is 0 Å². The number of rotatable bonds is 4. The standard InChI is InChI=1S/C20H21F3N2O3/c1-13(15-4-3-5-16(11-15)20(21,22)23)24-19(26)25(2)12-14-6-7-17-18(10-14)28-9-8-27-17/h3-7,10-11,13H,8-9,12H2,1-2H3,(H,24,26). The van der Waals surface area contributed by atoms with Crippen molar-refractivity contribution in [3.8, 4) is 11.5 Å². The summed E-state index contributed by atoms with van der Waals surface area (Å²) in [4.78, 5) is 13.9. The van der Waals surface area contributed by atoms with E-state index in [0.717, 1.165) is 17.7 Å². The van der Waals surface area contributed by atoms with Crippen LogP contribution in [0.4, 0.5) is 18.0 Å². The molecule has 1 aliphatic heterocycles. The molecule has 0 fully saturated rings. The van der Waals surface area contributed by atoms with Crippen LogP contribution in [-0.4, -0.2) is 31.2 Å². The number of urea groups is 1. The molecule has 28 heavy (non-hydrogen) atoms. The third-order valence-electron chi connectivity index (χ3n) is 4.43. The van der Waals surface area contributed by atoms with Gasteiger partial charge in [0, 0.05) is 13.6 Å². The number of ether oxygens (including phenoxy) is 2. The molecule has 8 heteroatoms. The van der Waals surface area contributed by atoms with Crippen LogP contribution in [0.2, 0.25) is 0 Å². The van der Waals surface area contributed by atoms with E-state index in [2.05, 4.69) is 5.32 Å². The van der Waals surface area contributed by atoms with E-state index in [9.17, 15) is 18.0 Å². The number of carbonyl (C=O) groups excluding carboxylic acids is 1. The maximum Gasteiger partial charge on any atom is 0.416 e. The number of benzene rings is 2. The zero-order valence-corrected chi connectivity index (χ0v) is 15.5. The van der Waals surface area contributed by atoms with Crippen LogP contribution >= 0.6 is 0 Å². The van der Waals surface area contributed by atoms with Crippen LogP contribution in [0.25, 0.3) is 0 Å². The number of halogens is 3. The SMILES string of the molecule is CC(NC(=O)N(C)Cc1ccc2c(c1)OCCO2)c1cccc(C(F)(F)F)c1. The van der Waals surface area contributed by atoms with Crippen molar-refractivity contribution in [2.24, 2.45) is 0 Å². The zero-order valence-electron chi connectivity index (χ0n) is 15.5. The molecule has 1 atom stereocenters. The first-order valence-electron chi connectivity index (χ1n) is 8.81. The molecule has 0 aliphatic carbocycles. The predicted octanol–water partition coefficient (Wildman–Crippen LogP) is 4.38. The Morgan fingerprint density at radius 3 is 2.57 bits per heavy atom. The summed E-state index contributed by atoms with van der Waals surface area (Å²) in [5, 5.41) is 2.72. The Balaban J connectivity index is 1.62. The summed E-state index contributed by atoms with van der Waals surface area (Å²) >= 11 is 0. The fraction of sp³-hybridized carbons (Fsp3) is 0.350. The zero-order chi connectivity index (χ0) is 20.3. The highest BCUT2D eigenvalue weighted by atomic mass is 19.4. The van der Waals surface area contributed by atoms with Gasteiger partial charge in [0.2, 0.25) is 0 Å². The normalized spacial score (nSPS) is 14.3. The van der Waals surface area contributed by atoms with Gasteiger partial charge < -0.3 is 19.7 Å². The largest absolute Gasteiger partial charge is 0.486 e. The minimum atomic E-state index is -4.42. The summed E-state index contributed by atoms with van der Waals surface area (Å²) in [5.74, 6) is 1.30. The van der Waals surface area contributed by atoms with Crippen LogP contribution in [0.5, 0.6) is 11.5 Å². The van der Waals surface area contributed by atoms with Crippen molar-refractivity contribution < 1.29 is 27.4 Å². The van der Waals surface area contributed by atoms with Gasteiger partial charge >= 0.3 is 12.2 Å². The molecule has 1 N–H and O–H groups in total. The van der Waals surface area contributed by atoms with Crippen LogP contribution in [0.1, 0.15) is 29.7 Å². The highest BCUT2D eigenvalue weighted by Gasteiger charge is 2.30. The molecule has 1 unspecified atom stereocenters. The van der Waals surface area contributed by atoms with Gasteiger partial charge in [0.1, 0.15) is 13.2 Å². The van der Waals surface area contributed by atoms with Crippen LogP contribution in [-0.2, 0) is 12.7 Å². The van der Waals surface area contributed by atoms with Crippen molar-refractivity contribution in [1.82, 2.24) is 10.2 Å². The first kappa shape index (κ1) is 19.9. The van der Waals surface area contributed by atoms with E-state index in [4.69, 9.17) is 9.47 Å². The smallest absolute Gasteiger partial charge is 0.416 e. The van der Waals surface area contributed by atoms with Crippen molar-refractivity contribution in [2.45, 2.75) is 25.7 Å². The molecule has 0 bridgehead atoms. The van der Waals surface area contributed by atoms with E-state index in [1.807, 2.05) is 12.1 Å². The van der Waals surface area contributed by atoms with Gasteiger partial charge in [-0.1, -0.05) is 18.2 Å². The molecule has 0 aromatic heterocycles. The molecule has 2 aromatic rings. The monoisotopic (exact) mass is 394 g/mol. The summed E-state index contributed by atoms with van der Waals surface area (Å²) < 4.78 is 49.6. The van der Waals surface area contributed by atoms with Gasteiger partial charge in [-0.05, 0) is 42.3 Å². The van der Waals surface area contributed by atoms with Crippen molar-refractivity contribution >= 4 is 6.03 Å². The van der Waals surface area contributed by atoms with E-state index in [0.29, 0.717) is 36.8 Å². The molecule has 150 valence electrons. The summed E-state index contributed by atoms with van der Waals surface area (Å²) in [6.07, 6.45) is -4.42. The fourth-order valence-corrected chi connectivity index (χ4v) is 2.89. The average molecular weight is 394 g/mol. The van der Waals surface area contributed by atoms with Crippen LogP contribution in [0, 0.1) is 0 Å². The molecular formula is C20H21F3N2O3. The molecule has 1 heterocycles. The Hall–Kier alpha value is -2.90. The van der Waals surface area contributed by atoms with Gasteiger partial charge in [0.25, 0.3) is 0 Å². The topological polar surface area (TPSA) is 50.8 Å². The summed E-state index contributed by atoms with van der Waals surface area (Å²) in [7, 11) is 1.62. The summed E-state index contributed by atoms with van der Waals surface area (Å²) in [6, 6.07) is 9.43. The molecule has 2 aromatic carbocycles. The second-order valence-corrected chi connectivity index (χ2v) is 6.63. The lowest BCUT2D eigenvalue weighted by atomic mass is 10.1. The highest BCUT2D eigenvalue weighted by molar-refractivity contribution is 5.74. The third-order valence-corrected chi connectivity index (χ3v) is 4.43. The lowest BCUT2D eigenvalue weighted by molar-refractivity contribution is -0.137. The second kappa shape index (κ2) is 8.00. The van der Waals surface area contributed by atoms with E-state index < -0.39 is 17.8 Å². The Morgan fingerprint density at radius 1 is 1.14 bits per heavy atom. The van der Waals surface area contributed by atoms with E-state index in [1.165, 1.54) is 11.0 Å². The number of carbonyl (C=O) groups is 1. The molecule has 1 aliphatic rings. The van der Waals surface area contributed by atoms with Crippen molar-refractivity contribution in [3.63, 3.8) is 0 Å². The number of hydrogen-bond acceptors (Lipinski definition) is 3. The molecule has 0 spiro atoms. The Morgan fingerprint density at radius 2 is 1.86 bits per heavy atom. The third kappa shape index (κ3) is 4.68. The molecule has 2 amide bonds. The van der Waals surface area contributed by atoms with E-state index in [-0.39, 0.29) is 6.03 Å². The number of nitrogens with one attached hydrogen (secondary N) is 1. The van der Waals surface area contributed by atoms with Crippen LogP contribution < -0.4 is 14.8 Å². The number of alkyl halides is 3. The highest BCUT2D eigenvalue weighted by Crippen LogP contribution is 2.32. The molecule has 0 saturated heterocycles. The number of amides is 2. The van der Waals surface area contributed by atoms with Crippen molar-refractivity contribution in [3.05, 3.63) is 59.2 Å². The lowest BCUT2D eigenvalue weighted by Crippen LogP contribution is -2.38.